The van der Waals surface area contributed by atoms with Crippen LogP contribution < -0.4 is 20.1 Å². The van der Waals surface area contributed by atoms with Crippen LogP contribution in [0, 0.1) is 0 Å². The zero-order chi connectivity index (χ0) is 25.4. The molecule has 1 unspecified atom stereocenters. The Morgan fingerprint density at radius 2 is 1.97 bits per heavy atom. The van der Waals surface area contributed by atoms with Gasteiger partial charge in [-0.1, -0.05) is 36.4 Å². The van der Waals surface area contributed by atoms with E-state index in [9.17, 15) is 4.79 Å². The van der Waals surface area contributed by atoms with Gasteiger partial charge in [-0.25, -0.2) is 0 Å². The Bertz CT molecular complexity index is 1390. The summed E-state index contributed by atoms with van der Waals surface area (Å²) in [5.74, 6) is 1.48. The number of benzene rings is 3. The molecule has 0 fully saturated rings. The highest BCUT2D eigenvalue weighted by Crippen LogP contribution is 2.52. The average Bonchev–Trinajstić information content (AvgIpc) is 2.85. The van der Waals surface area contributed by atoms with Gasteiger partial charge in [0.15, 0.2) is 0 Å². The number of amides is 1. The van der Waals surface area contributed by atoms with Gasteiger partial charge in [0, 0.05) is 35.3 Å². The molecule has 0 aromatic heterocycles. The van der Waals surface area contributed by atoms with Crippen molar-refractivity contribution >= 4 is 17.2 Å². The topological polar surface area (TPSA) is 59.6 Å². The lowest BCUT2D eigenvalue weighted by atomic mass is 9.80. The van der Waals surface area contributed by atoms with Gasteiger partial charge >= 0.3 is 0 Å². The molecule has 36 heavy (non-hydrogen) atoms. The molecule has 3 aromatic rings. The Hall–Kier alpha value is -3.99. The smallest absolute Gasteiger partial charge is 0.251 e. The molecule has 0 saturated heterocycles. The molecular formula is C31H32N2O3. The van der Waals surface area contributed by atoms with E-state index >= 15 is 0 Å². The molecule has 0 saturated carbocycles. The van der Waals surface area contributed by atoms with Crippen LogP contribution in [0.4, 0.5) is 5.69 Å². The molecule has 184 valence electrons. The van der Waals surface area contributed by atoms with Crippen molar-refractivity contribution in [2.45, 2.75) is 38.8 Å². The Morgan fingerprint density at radius 3 is 2.75 bits per heavy atom. The highest BCUT2D eigenvalue weighted by Gasteiger charge is 2.35. The molecule has 5 heteroatoms. The van der Waals surface area contributed by atoms with E-state index in [1.54, 1.807) is 13.2 Å². The van der Waals surface area contributed by atoms with Gasteiger partial charge in [-0.2, -0.15) is 0 Å². The van der Waals surface area contributed by atoms with E-state index in [1.807, 2.05) is 42.5 Å². The zero-order valence-corrected chi connectivity index (χ0v) is 21.3. The number of rotatable bonds is 6. The molecule has 0 aliphatic carbocycles. The van der Waals surface area contributed by atoms with Crippen molar-refractivity contribution < 1.29 is 14.3 Å². The van der Waals surface area contributed by atoms with Crippen molar-refractivity contribution in [2.24, 2.45) is 0 Å². The van der Waals surface area contributed by atoms with Gasteiger partial charge in [0.05, 0.1) is 18.2 Å². The number of carbonyl (C=O) groups excluding carboxylic acids is 1. The number of hydrogen-bond donors (Lipinski definition) is 2. The van der Waals surface area contributed by atoms with E-state index in [1.165, 1.54) is 11.1 Å². The van der Waals surface area contributed by atoms with Crippen molar-refractivity contribution in [1.29, 1.82) is 0 Å². The minimum atomic E-state index is -0.229. The first-order valence-electron chi connectivity index (χ1n) is 12.3. The first kappa shape index (κ1) is 23.7. The van der Waals surface area contributed by atoms with Crippen LogP contribution >= 0.6 is 0 Å². The fourth-order valence-electron chi connectivity index (χ4n) is 5.42. The molecule has 1 amide bonds. The predicted octanol–water partition coefficient (Wildman–Crippen LogP) is 6.56. The minimum absolute atomic E-state index is 0.112. The summed E-state index contributed by atoms with van der Waals surface area (Å²) in [5.41, 5.74) is 8.25. The molecule has 5 nitrogen and oxygen atoms in total. The summed E-state index contributed by atoms with van der Waals surface area (Å²) in [7, 11) is 1.69. The van der Waals surface area contributed by atoms with Crippen LogP contribution in [-0.2, 0) is 6.42 Å². The minimum Gasteiger partial charge on any atom is -0.496 e. The molecule has 2 N–H and O–H groups in total. The maximum absolute atomic E-state index is 12.6. The number of ether oxygens (including phenoxy) is 2. The number of anilines is 1. The van der Waals surface area contributed by atoms with Crippen molar-refractivity contribution in [3.05, 3.63) is 95.6 Å². The number of carbonyl (C=O) groups is 1. The highest BCUT2D eigenvalue weighted by molar-refractivity contribution is 5.94. The fourth-order valence-corrected chi connectivity index (χ4v) is 5.42. The van der Waals surface area contributed by atoms with Crippen molar-refractivity contribution in [1.82, 2.24) is 5.32 Å². The summed E-state index contributed by atoms with van der Waals surface area (Å²) >= 11 is 0. The van der Waals surface area contributed by atoms with Gasteiger partial charge in [-0.05, 0) is 67.8 Å². The third kappa shape index (κ3) is 4.26. The molecule has 0 radical (unpaired) electrons. The second-order valence-corrected chi connectivity index (χ2v) is 9.97. The number of fused-ring (bicyclic) bond motifs is 5. The predicted molar refractivity (Wildman–Crippen MR) is 146 cm³/mol. The normalized spacial score (nSPS) is 16.8. The average molecular weight is 481 g/mol. The number of allylic oxidation sites excluding steroid dienone is 1. The van der Waals surface area contributed by atoms with Gasteiger partial charge in [0.2, 0.25) is 0 Å². The Kier molecular flexibility index (Phi) is 6.09. The van der Waals surface area contributed by atoms with Crippen LogP contribution in [0.5, 0.6) is 11.5 Å². The van der Waals surface area contributed by atoms with Crippen LogP contribution in [0.2, 0.25) is 0 Å². The maximum atomic E-state index is 12.6. The molecule has 2 aliphatic rings. The molecule has 5 rings (SSSR count). The second kappa shape index (κ2) is 9.23. The second-order valence-electron chi connectivity index (χ2n) is 9.97. The molecule has 0 spiro atoms. The summed E-state index contributed by atoms with van der Waals surface area (Å²) in [6.07, 6.45) is 4.34. The SMILES string of the molecule is C=CCNC(=O)c1cccc(CC2Oc3cccc(OC)c3-c3ccc4c(c32)C(C)=CC(C)(C)N4)c1. The molecular weight excluding hydrogens is 448 g/mol. The number of methoxy groups -OCH3 is 1. The molecule has 3 aromatic carbocycles. The lowest BCUT2D eigenvalue weighted by molar-refractivity contribution is 0.0957. The third-order valence-electron chi connectivity index (χ3n) is 6.76. The van der Waals surface area contributed by atoms with E-state index in [4.69, 9.17) is 9.47 Å². The first-order valence-corrected chi connectivity index (χ1v) is 12.3. The van der Waals surface area contributed by atoms with Crippen LogP contribution in [0.25, 0.3) is 16.7 Å². The largest absolute Gasteiger partial charge is 0.496 e. The summed E-state index contributed by atoms with van der Waals surface area (Å²) in [5, 5.41) is 6.53. The summed E-state index contributed by atoms with van der Waals surface area (Å²) in [4.78, 5) is 12.6. The highest BCUT2D eigenvalue weighted by atomic mass is 16.5. The summed E-state index contributed by atoms with van der Waals surface area (Å²) in [6, 6.07) is 18.0. The van der Waals surface area contributed by atoms with Gasteiger partial charge in [0.1, 0.15) is 17.6 Å². The maximum Gasteiger partial charge on any atom is 0.251 e. The fraction of sp³-hybridized carbons (Fsp3) is 0.258. The monoisotopic (exact) mass is 480 g/mol. The van der Waals surface area contributed by atoms with Gasteiger partial charge < -0.3 is 20.1 Å². The zero-order valence-electron chi connectivity index (χ0n) is 21.3. The van der Waals surface area contributed by atoms with Crippen LogP contribution in [0.3, 0.4) is 0 Å². The third-order valence-corrected chi connectivity index (χ3v) is 6.76. The quantitative estimate of drug-likeness (QED) is 0.392. The van der Waals surface area contributed by atoms with E-state index in [0.29, 0.717) is 18.5 Å². The number of nitrogens with one attached hydrogen (secondary N) is 2. The number of hydrogen-bond acceptors (Lipinski definition) is 4. The van der Waals surface area contributed by atoms with Crippen LogP contribution in [-0.4, -0.2) is 25.1 Å². The molecule has 2 heterocycles. The van der Waals surface area contributed by atoms with E-state index < -0.39 is 0 Å². The van der Waals surface area contributed by atoms with E-state index in [2.05, 4.69) is 56.2 Å². The molecule has 2 aliphatic heterocycles. The molecule has 1 atom stereocenters. The van der Waals surface area contributed by atoms with Crippen molar-refractivity contribution in [3.8, 4) is 22.6 Å². The summed E-state index contributed by atoms with van der Waals surface area (Å²) in [6.45, 7) is 10.6. The first-order chi connectivity index (χ1) is 17.3. The Balaban J connectivity index is 1.62. The van der Waals surface area contributed by atoms with Crippen molar-refractivity contribution in [3.63, 3.8) is 0 Å². The Labute approximate surface area is 212 Å². The summed E-state index contributed by atoms with van der Waals surface area (Å²) < 4.78 is 12.4. The van der Waals surface area contributed by atoms with Gasteiger partial charge in [-0.15, -0.1) is 6.58 Å². The van der Waals surface area contributed by atoms with Crippen LogP contribution in [0.15, 0.2) is 73.3 Å². The standard InChI is InChI=1S/C31H32N2O3/c1-6-15-32-30(34)21-10-7-9-20(16-21)17-26-29-22(28-24(35-5)11-8-12-25(28)36-26)13-14-23-27(29)19(2)18-31(3,4)33-23/h6-14,16,18,26,33H,1,15,17H2,2-5H3,(H,32,34). The Morgan fingerprint density at radius 1 is 1.17 bits per heavy atom. The van der Waals surface area contributed by atoms with Gasteiger partial charge in [-0.3, -0.25) is 4.79 Å². The van der Waals surface area contributed by atoms with Crippen LogP contribution in [0.1, 0.15) is 53.9 Å². The lowest BCUT2D eigenvalue weighted by Crippen LogP contribution is -2.32. The van der Waals surface area contributed by atoms with Crippen molar-refractivity contribution in [2.75, 3.05) is 19.0 Å². The lowest BCUT2D eigenvalue weighted by Gasteiger charge is -2.37. The molecule has 0 bridgehead atoms. The van der Waals surface area contributed by atoms with E-state index in [0.717, 1.165) is 39.4 Å². The van der Waals surface area contributed by atoms with E-state index in [-0.39, 0.29) is 17.6 Å². The van der Waals surface area contributed by atoms with Gasteiger partial charge in [0.25, 0.3) is 5.91 Å².